The molecule has 0 fully saturated rings. The molecule has 0 saturated carbocycles. The smallest absolute Gasteiger partial charge is 0.185 e. The fourth-order valence-electron chi connectivity index (χ4n) is 1.55. The van der Waals surface area contributed by atoms with Gasteiger partial charge in [-0.1, -0.05) is 11.6 Å². The molecule has 0 bridgehead atoms. The van der Waals surface area contributed by atoms with Crippen LogP contribution in [-0.4, -0.2) is 16.0 Å². The van der Waals surface area contributed by atoms with Crippen LogP contribution in [0.2, 0.25) is 5.02 Å². The van der Waals surface area contributed by atoms with Crippen LogP contribution >= 0.6 is 11.6 Å². The zero-order valence-corrected chi connectivity index (χ0v) is 10.6. The minimum atomic E-state index is -0.223. The molecule has 0 saturated heterocycles. The van der Waals surface area contributed by atoms with Crippen molar-refractivity contribution in [3.05, 3.63) is 64.7 Å². The fraction of sp³-hybridized carbons (Fsp3) is 0. The van der Waals surface area contributed by atoms with E-state index in [-0.39, 0.29) is 17.3 Å². The van der Waals surface area contributed by atoms with Crippen molar-refractivity contribution in [1.82, 2.24) is 0 Å². The first-order valence-corrected chi connectivity index (χ1v) is 5.94. The van der Waals surface area contributed by atoms with Crippen molar-refractivity contribution in [3.63, 3.8) is 0 Å². The Morgan fingerprint density at radius 1 is 1.05 bits per heavy atom. The molecule has 0 aliphatic heterocycles. The number of phenolic OH excluding ortho intramolecular Hbond substituents is 2. The Kier molecular flexibility index (Phi) is 3.88. The van der Waals surface area contributed by atoms with E-state index in [2.05, 4.69) is 0 Å². The van der Waals surface area contributed by atoms with Gasteiger partial charge >= 0.3 is 0 Å². The number of carbonyl (C=O) groups excluding carboxylic acids is 1. The summed E-state index contributed by atoms with van der Waals surface area (Å²) in [4.78, 5) is 11.8. The number of ketones is 1. The zero-order chi connectivity index (χ0) is 13.8. The van der Waals surface area contributed by atoms with E-state index in [1.165, 1.54) is 42.5 Å². The first-order valence-electron chi connectivity index (χ1n) is 5.56. The summed E-state index contributed by atoms with van der Waals surface area (Å²) in [6, 6.07) is 10.5. The van der Waals surface area contributed by atoms with Crippen molar-refractivity contribution < 1.29 is 15.0 Å². The third kappa shape index (κ3) is 3.36. The van der Waals surface area contributed by atoms with E-state index in [1.54, 1.807) is 12.1 Å². The Hall–Kier alpha value is -2.26. The van der Waals surface area contributed by atoms with Crippen molar-refractivity contribution >= 4 is 23.5 Å². The predicted molar refractivity (Wildman–Crippen MR) is 74.6 cm³/mol. The lowest BCUT2D eigenvalue weighted by molar-refractivity contribution is 0.104. The minimum Gasteiger partial charge on any atom is -0.508 e. The van der Waals surface area contributed by atoms with Crippen molar-refractivity contribution in [3.8, 4) is 11.5 Å². The normalized spacial score (nSPS) is 10.8. The third-order valence-corrected chi connectivity index (χ3v) is 2.79. The lowest BCUT2D eigenvalue weighted by Gasteiger charge is -2.00. The van der Waals surface area contributed by atoms with Crippen molar-refractivity contribution in [2.24, 2.45) is 0 Å². The van der Waals surface area contributed by atoms with Gasteiger partial charge in [-0.15, -0.1) is 0 Å². The Morgan fingerprint density at radius 2 is 1.74 bits per heavy atom. The second kappa shape index (κ2) is 5.59. The third-order valence-electron chi connectivity index (χ3n) is 2.56. The lowest BCUT2D eigenvalue weighted by Crippen LogP contribution is -1.93. The molecule has 0 aliphatic carbocycles. The summed E-state index contributed by atoms with van der Waals surface area (Å²) in [5.41, 5.74) is 0.926. The molecule has 2 rings (SSSR count). The molecule has 4 heteroatoms. The number of carbonyl (C=O) groups is 1. The van der Waals surface area contributed by atoms with Gasteiger partial charge in [0.05, 0.1) is 0 Å². The number of benzene rings is 2. The van der Waals surface area contributed by atoms with Gasteiger partial charge in [0.25, 0.3) is 0 Å². The molecule has 0 radical (unpaired) electrons. The van der Waals surface area contributed by atoms with Crippen LogP contribution in [0, 0.1) is 0 Å². The maximum absolute atomic E-state index is 11.8. The molecule has 0 unspecified atom stereocenters. The van der Waals surface area contributed by atoms with E-state index in [0.717, 1.165) is 0 Å². The maximum atomic E-state index is 11.8. The van der Waals surface area contributed by atoms with Crippen LogP contribution in [0.5, 0.6) is 11.5 Å². The molecule has 0 atom stereocenters. The molecular formula is C15H11ClO3. The van der Waals surface area contributed by atoms with Crippen LogP contribution in [0.1, 0.15) is 15.9 Å². The highest BCUT2D eigenvalue weighted by atomic mass is 35.5. The van der Waals surface area contributed by atoms with E-state index in [4.69, 9.17) is 16.7 Å². The summed E-state index contributed by atoms with van der Waals surface area (Å²) in [6.07, 6.45) is 2.84. The Bertz CT molecular complexity index is 630. The summed E-state index contributed by atoms with van der Waals surface area (Å²) in [5.74, 6) is -0.0634. The van der Waals surface area contributed by atoms with Gasteiger partial charge in [0.15, 0.2) is 5.78 Å². The average Bonchev–Trinajstić information content (AvgIpc) is 2.40. The molecule has 0 aromatic heterocycles. The summed E-state index contributed by atoms with van der Waals surface area (Å²) in [7, 11) is 0. The van der Waals surface area contributed by atoms with Gasteiger partial charge in [0, 0.05) is 16.1 Å². The van der Waals surface area contributed by atoms with Gasteiger partial charge < -0.3 is 10.2 Å². The second-order valence-corrected chi connectivity index (χ2v) is 4.38. The summed E-state index contributed by atoms with van der Waals surface area (Å²) >= 11 is 5.81. The summed E-state index contributed by atoms with van der Waals surface area (Å²) in [6.45, 7) is 0. The molecule has 0 aliphatic rings. The SMILES string of the molecule is O=C(/C=C/c1cc(Cl)ccc1O)c1ccc(O)cc1. The Labute approximate surface area is 115 Å². The Morgan fingerprint density at radius 3 is 2.42 bits per heavy atom. The van der Waals surface area contributed by atoms with Gasteiger partial charge in [0.1, 0.15) is 11.5 Å². The molecule has 0 amide bonds. The molecule has 2 aromatic carbocycles. The molecule has 19 heavy (non-hydrogen) atoms. The van der Waals surface area contributed by atoms with Gasteiger partial charge in [-0.2, -0.15) is 0 Å². The van der Waals surface area contributed by atoms with Crippen LogP contribution in [0.15, 0.2) is 48.5 Å². The topological polar surface area (TPSA) is 57.5 Å². The number of allylic oxidation sites excluding steroid dienone is 1. The molecular weight excluding hydrogens is 264 g/mol. The minimum absolute atomic E-state index is 0.0548. The van der Waals surface area contributed by atoms with Crippen LogP contribution in [0.25, 0.3) is 6.08 Å². The van der Waals surface area contributed by atoms with E-state index < -0.39 is 0 Å². The van der Waals surface area contributed by atoms with Gasteiger partial charge in [-0.05, 0) is 54.6 Å². The monoisotopic (exact) mass is 274 g/mol. The molecule has 2 N–H and O–H groups in total. The molecule has 0 spiro atoms. The molecule has 0 heterocycles. The summed E-state index contributed by atoms with van der Waals surface area (Å²) < 4.78 is 0. The predicted octanol–water partition coefficient (Wildman–Crippen LogP) is 3.65. The summed E-state index contributed by atoms with van der Waals surface area (Å²) in [5, 5.41) is 19.2. The van der Waals surface area contributed by atoms with Crippen molar-refractivity contribution in [2.45, 2.75) is 0 Å². The highest BCUT2D eigenvalue weighted by molar-refractivity contribution is 6.30. The van der Waals surface area contributed by atoms with E-state index in [9.17, 15) is 9.90 Å². The maximum Gasteiger partial charge on any atom is 0.185 e. The number of aromatic hydroxyl groups is 2. The molecule has 96 valence electrons. The second-order valence-electron chi connectivity index (χ2n) is 3.95. The average molecular weight is 275 g/mol. The number of rotatable bonds is 3. The first-order chi connectivity index (χ1) is 9.06. The van der Waals surface area contributed by atoms with E-state index in [1.807, 2.05) is 0 Å². The van der Waals surface area contributed by atoms with Gasteiger partial charge in [-0.3, -0.25) is 4.79 Å². The van der Waals surface area contributed by atoms with Crippen molar-refractivity contribution in [1.29, 1.82) is 0 Å². The van der Waals surface area contributed by atoms with Crippen LogP contribution in [0.4, 0.5) is 0 Å². The number of hydrogen-bond acceptors (Lipinski definition) is 3. The van der Waals surface area contributed by atoms with Crippen LogP contribution in [-0.2, 0) is 0 Å². The van der Waals surface area contributed by atoms with E-state index in [0.29, 0.717) is 16.1 Å². The van der Waals surface area contributed by atoms with Crippen LogP contribution in [0.3, 0.4) is 0 Å². The standard InChI is InChI=1S/C15H11ClO3/c16-12-4-8-15(19)11(9-12)3-7-14(18)10-1-5-13(17)6-2-10/h1-9,17,19H/b7-3+. The zero-order valence-electron chi connectivity index (χ0n) is 9.88. The van der Waals surface area contributed by atoms with Gasteiger partial charge in [0.2, 0.25) is 0 Å². The highest BCUT2D eigenvalue weighted by Crippen LogP contribution is 2.23. The largest absolute Gasteiger partial charge is 0.508 e. The Balaban J connectivity index is 2.20. The quantitative estimate of drug-likeness (QED) is 0.663. The number of phenols is 2. The highest BCUT2D eigenvalue weighted by Gasteiger charge is 2.03. The molecule has 3 nitrogen and oxygen atoms in total. The lowest BCUT2D eigenvalue weighted by atomic mass is 10.1. The number of halogens is 1. The molecule has 2 aromatic rings. The first kappa shape index (κ1) is 13.2. The fourth-order valence-corrected chi connectivity index (χ4v) is 1.73. The van der Waals surface area contributed by atoms with E-state index >= 15 is 0 Å². The van der Waals surface area contributed by atoms with Crippen LogP contribution < -0.4 is 0 Å². The number of hydrogen-bond donors (Lipinski definition) is 2. The van der Waals surface area contributed by atoms with Gasteiger partial charge in [-0.25, -0.2) is 0 Å². The van der Waals surface area contributed by atoms with Crippen molar-refractivity contribution in [2.75, 3.05) is 0 Å².